The number of nitrogens with zero attached hydrogens (tertiary/aromatic N) is 1. The molecular weight excluding hydrogens is 343 g/mol. The molecule has 0 spiro atoms. The number of hydrogen-bond donors (Lipinski definition) is 2. The largest absolute Gasteiger partial charge is 0.480 e. The first-order chi connectivity index (χ1) is 8.45. The van der Waals surface area contributed by atoms with Crippen molar-refractivity contribution in [3.63, 3.8) is 0 Å². The molecule has 1 aromatic heterocycles. The van der Waals surface area contributed by atoms with Crippen LogP contribution in [0.3, 0.4) is 0 Å². The maximum absolute atomic E-state index is 11.5. The van der Waals surface area contributed by atoms with Crippen LogP contribution in [-0.2, 0) is 11.2 Å². The number of H-pyrrole nitrogens is 1. The molecule has 0 aliphatic rings. The molecule has 0 saturated heterocycles. The molecule has 2 aromatic rings. The predicted molar refractivity (Wildman–Crippen MR) is 77.5 cm³/mol. The van der Waals surface area contributed by atoms with Gasteiger partial charge in [-0.3, -0.25) is 9.69 Å². The van der Waals surface area contributed by atoms with Gasteiger partial charge in [0.15, 0.2) is 0 Å². The number of aromatic amines is 1. The first-order valence-electron chi connectivity index (χ1n) is 5.91. The number of hydrogen-bond acceptors (Lipinski definition) is 2. The zero-order valence-electron chi connectivity index (χ0n) is 11.5. The molecule has 5 heteroatoms. The Hall–Kier alpha value is -0.940. The Morgan fingerprint density at radius 3 is 2.58 bits per heavy atom. The quantitative estimate of drug-likeness (QED) is 0.873. The van der Waals surface area contributed by atoms with E-state index in [2.05, 4.69) is 4.98 Å². The molecule has 99 valence electrons. The first kappa shape index (κ1) is 16.1. The summed E-state index contributed by atoms with van der Waals surface area (Å²) in [5.41, 5.74) is 1.17. The zero-order chi connectivity index (χ0) is 13.3. The van der Waals surface area contributed by atoms with Crippen LogP contribution in [-0.4, -0.2) is 66.4 Å². The molecule has 0 saturated carbocycles. The molecule has 1 atom stereocenters. The predicted octanol–water partition coefficient (Wildman–Crippen LogP) is 1.73. The molecule has 2 N–H and O–H groups in total. The van der Waals surface area contributed by atoms with E-state index in [4.69, 9.17) is 0 Å². The molecule has 3 radical (unpaired) electrons. The number of carboxylic acid groups (broad SMARTS) is 1. The Labute approximate surface area is 131 Å². The molecule has 0 aliphatic heterocycles. The monoisotopic (exact) mass is 361 g/mol. The minimum Gasteiger partial charge on any atom is -0.480 e. The molecular formula is C14H18InN2O2. The second-order valence-electron chi connectivity index (χ2n) is 5.01. The standard InChI is InChI=1S/C14H18N2O2.In/c1-14(13(17)18,16(2)3)8-10-9-15-12-7-5-4-6-11(10)12;/h4-7,9,15H,8H2,1-3H3,(H,17,18);. The fourth-order valence-electron chi connectivity index (χ4n) is 2.07. The van der Waals surface area contributed by atoms with E-state index in [9.17, 15) is 9.90 Å². The fourth-order valence-corrected chi connectivity index (χ4v) is 2.07. The van der Waals surface area contributed by atoms with Gasteiger partial charge in [0.1, 0.15) is 5.54 Å². The molecule has 0 amide bonds. The van der Waals surface area contributed by atoms with E-state index < -0.39 is 11.5 Å². The molecule has 0 aliphatic carbocycles. The number of fused-ring (bicyclic) bond motifs is 1. The fraction of sp³-hybridized carbons (Fsp3) is 0.357. The number of aliphatic carboxylic acids is 1. The van der Waals surface area contributed by atoms with Gasteiger partial charge in [0.25, 0.3) is 0 Å². The van der Waals surface area contributed by atoms with Gasteiger partial charge in [-0.1, -0.05) is 18.2 Å². The molecule has 1 heterocycles. The van der Waals surface area contributed by atoms with Crippen molar-refractivity contribution in [2.75, 3.05) is 14.1 Å². The van der Waals surface area contributed by atoms with Crippen molar-refractivity contribution in [3.05, 3.63) is 36.0 Å². The smallest absolute Gasteiger partial charge is 0.324 e. The van der Waals surface area contributed by atoms with Gasteiger partial charge < -0.3 is 10.1 Å². The Morgan fingerprint density at radius 2 is 2.00 bits per heavy atom. The summed E-state index contributed by atoms with van der Waals surface area (Å²) in [4.78, 5) is 16.4. The summed E-state index contributed by atoms with van der Waals surface area (Å²) < 4.78 is 0. The van der Waals surface area contributed by atoms with E-state index in [1.165, 1.54) is 0 Å². The number of benzene rings is 1. The molecule has 1 aromatic carbocycles. The number of aromatic nitrogens is 1. The summed E-state index contributed by atoms with van der Waals surface area (Å²) in [5.74, 6) is -0.808. The third kappa shape index (κ3) is 2.98. The van der Waals surface area contributed by atoms with Gasteiger partial charge >= 0.3 is 5.97 Å². The van der Waals surface area contributed by atoms with Gasteiger partial charge in [-0.15, -0.1) is 0 Å². The number of likely N-dealkylation sites (N-methyl/N-ethyl adjacent to an activating group) is 1. The van der Waals surface area contributed by atoms with Crippen molar-refractivity contribution < 1.29 is 9.90 Å². The number of nitrogens with one attached hydrogen (secondary N) is 1. The van der Waals surface area contributed by atoms with E-state index in [1.807, 2.05) is 30.5 Å². The summed E-state index contributed by atoms with van der Waals surface area (Å²) in [6.45, 7) is 1.75. The van der Waals surface area contributed by atoms with Crippen LogP contribution in [0.2, 0.25) is 0 Å². The third-order valence-corrected chi connectivity index (χ3v) is 3.66. The van der Waals surface area contributed by atoms with Gasteiger partial charge in [0.05, 0.1) is 0 Å². The van der Waals surface area contributed by atoms with E-state index in [0.29, 0.717) is 6.42 Å². The van der Waals surface area contributed by atoms with Crippen LogP contribution in [0.4, 0.5) is 0 Å². The molecule has 1 unspecified atom stereocenters. The number of carbonyl (C=O) groups is 1. The summed E-state index contributed by atoms with van der Waals surface area (Å²) in [6, 6.07) is 7.93. The topological polar surface area (TPSA) is 56.3 Å². The number of carboxylic acids is 1. The van der Waals surface area contributed by atoms with Crippen LogP contribution in [0.25, 0.3) is 10.9 Å². The van der Waals surface area contributed by atoms with Crippen molar-refractivity contribution in [1.82, 2.24) is 9.88 Å². The van der Waals surface area contributed by atoms with Crippen LogP contribution in [0.5, 0.6) is 0 Å². The second kappa shape index (κ2) is 6.01. The van der Waals surface area contributed by atoms with E-state index in [-0.39, 0.29) is 25.8 Å². The number of rotatable bonds is 4. The molecule has 19 heavy (non-hydrogen) atoms. The Bertz CT molecular complexity index is 580. The molecule has 0 fully saturated rings. The second-order valence-corrected chi connectivity index (χ2v) is 5.01. The minimum atomic E-state index is -0.898. The minimum absolute atomic E-state index is 0. The SMILES string of the molecule is CN(C)C(C)(Cc1c[nH]c2ccccc12)C(=O)O.[In]. The molecule has 4 nitrogen and oxygen atoms in total. The summed E-state index contributed by atoms with van der Waals surface area (Å²) in [6.07, 6.45) is 2.37. The first-order valence-corrected chi connectivity index (χ1v) is 5.91. The van der Waals surface area contributed by atoms with E-state index in [1.54, 1.807) is 25.9 Å². The van der Waals surface area contributed by atoms with Gasteiger partial charge in [0, 0.05) is 49.4 Å². The van der Waals surface area contributed by atoms with Crippen molar-refractivity contribution in [3.8, 4) is 0 Å². The van der Waals surface area contributed by atoms with Gasteiger partial charge in [-0.05, 0) is 32.6 Å². The van der Waals surface area contributed by atoms with Crippen molar-refractivity contribution >= 4 is 42.7 Å². The van der Waals surface area contributed by atoms with Gasteiger partial charge in [-0.2, -0.15) is 0 Å². The normalized spacial score (nSPS) is 14.1. The van der Waals surface area contributed by atoms with Crippen molar-refractivity contribution in [2.24, 2.45) is 0 Å². The Balaban J connectivity index is 0.00000180. The molecule has 2 rings (SSSR count). The maximum Gasteiger partial charge on any atom is 0.324 e. The van der Waals surface area contributed by atoms with Crippen molar-refractivity contribution in [2.45, 2.75) is 18.9 Å². The summed E-state index contributed by atoms with van der Waals surface area (Å²) in [5, 5.41) is 10.5. The Kier molecular flexibility index (Phi) is 5.10. The third-order valence-electron chi connectivity index (χ3n) is 3.66. The van der Waals surface area contributed by atoms with Crippen LogP contribution in [0.15, 0.2) is 30.5 Å². The van der Waals surface area contributed by atoms with Crippen LogP contribution in [0.1, 0.15) is 12.5 Å². The average molecular weight is 361 g/mol. The molecule has 0 bridgehead atoms. The van der Waals surface area contributed by atoms with Gasteiger partial charge in [-0.25, -0.2) is 0 Å². The number of para-hydroxylation sites is 1. The zero-order valence-corrected chi connectivity index (χ0v) is 14.8. The maximum atomic E-state index is 11.5. The summed E-state index contributed by atoms with van der Waals surface area (Å²) in [7, 11) is 3.59. The van der Waals surface area contributed by atoms with Crippen LogP contribution >= 0.6 is 0 Å². The van der Waals surface area contributed by atoms with Gasteiger partial charge in [0.2, 0.25) is 0 Å². The Morgan fingerprint density at radius 1 is 1.37 bits per heavy atom. The van der Waals surface area contributed by atoms with Crippen LogP contribution < -0.4 is 0 Å². The average Bonchev–Trinajstić information content (AvgIpc) is 2.72. The van der Waals surface area contributed by atoms with E-state index in [0.717, 1.165) is 16.5 Å². The summed E-state index contributed by atoms with van der Waals surface area (Å²) >= 11 is 0. The van der Waals surface area contributed by atoms with Crippen molar-refractivity contribution in [1.29, 1.82) is 0 Å². The van der Waals surface area contributed by atoms with E-state index >= 15 is 0 Å². The van der Waals surface area contributed by atoms with Crippen LogP contribution in [0, 0.1) is 0 Å².